The number of aliphatic hydroxyl groups excluding tert-OH is 1. The number of allylic oxidation sites excluding steroid dienone is 1. The van der Waals surface area contributed by atoms with Crippen molar-refractivity contribution in [3.63, 3.8) is 0 Å². The molecule has 0 aliphatic carbocycles. The van der Waals surface area contributed by atoms with Gasteiger partial charge in [0.25, 0.3) is 0 Å². The van der Waals surface area contributed by atoms with Crippen molar-refractivity contribution in [2.75, 3.05) is 50.1 Å². The third-order valence-corrected chi connectivity index (χ3v) is 5.59. The summed E-state index contributed by atoms with van der Waals surface area (Å²) in [6.07, 6.45) is 5.35. The zero-order chi connectivity index (χ0) is 21.1. The lowest BCUT2D eigenvalue weighted by Crippen LogP contribution is -2.28. The molecular weight excluding hydrogens is 369 g/mol. The lowest BCUT2D eigenvalue weighted by molar-refractivity contribution is 0.410. The van der Waals surface area contributed by atoms with E-state index in [-0.39, 0.29) is 11.6 Å². The number of ether oxygens (including phenoxy) is 1. The monoisotopic (exact) mass is 399 g/mol. The Kier molecular flexibility index (Phi) is 6.33. The number of benzene rings is 1. The van der Waals surface area contributed by atoms with Crippen LogP contribution in [-0.4, -0.2) is 45.4 Å². The highest BCUT2D eigenvalue weighted by Crippen LogP contribution is 2.50. The molecule has 2 aliphatic rings. The Morgan fingerprint density at radius 3 is 2.83 bits per heavy atom. The number of nitrogens with one attached hydrogen (secondary N) is 1. The van der Waals surface area contributed by atoms with Gasteiger partial charge in [-0.2, -0.15) is 0 Å². The fourth-order valence-corrected chi connectivity index (χ4v) is 4.20. The smallest absolute Gasteiger partial charge is 0.169 e. The van der Waals surface area contributed by atoms with Gasteiger partial charge in [-0.25, -0.2) is 4.39 Å². The van der Waals surface area contributed by atoms with Crippen LogP contribution in [0.3, 0.4) is 0 Å². The molecule has 1 unspecified atom stereocenters. The molecule has 1 aromatic carbocycles. The molecule has 3 rings (SSSR count). The van der Waals surface area contributed by atoms with E-state index < -0.39 is 0 Å². The van der Waals surface area contributed by atoms with E-state index in [1.165, 1.54) is 6.07 Å². The van der Waals surface area contributed by atoms with E-state index in [0.29, 0.717) is 40.6 Å². The Hall–Kier alpha value is -2.73. The molecule has 156 valence electrons. The lowest BCUT2D eigenvalue weighted by atomic mass is 9.92. The molecule has 2 aliphatic heterocycles. The van der Waals surface area contributed by atoms with E-state index in [1.807, 2.05) is 18.0 Å². The van der Waals surface area contributed by atoms with Gasteiger partial charge in [-0.1, -0.05) is 19.2 Å². The first kappa shape index (κ1) is 21.0. The molecular formula is C23H30FN3O2. The Labute approximate surface area is 172 Å². The molecule has 0 saturated carbocycles. The lowest BCUT2D eigenvalue weighted by Gasteiger charge is -2.34. The number of anilines is 2. The molecule has 29 heavy (non-hydrogen) atoms. The fourth-order valence-electron chi connectivity index (χ4n) is 4.20. The molecule has 0 spiro atoms. The second-order valence-electron chi connectivity index (χ2n) is 7.53. The molecule has 1 fully saturated rings. The van der Waals surface area contributed by atoms with Crippen molar-refractivity contribution in [2.24, 2.45) is 5.92 Å². The summed E-state index contributed by atoms with van der Waals surface area (Å²) in [5, 5.41) is 13.2. The maximum atomic E-state index is 15.4. The number of fused-ring (bicyclic) bond motifs is 1. The number of nitrogens with zero attached hydrogens (tertiary/aromatic N) is 2. The van der Waals surface area contributed by atoms with Crippen molar-refractivity contribution in [1.29, 1.82) is 0 Å². The molecule has 0 radical (unpaired) electrons. The third-order valence-electron chi connectivity index (χ3n) is 5.59. The number of hydrogen-bond acceptors (Lipinski definition) is 5. The van der Waals surface area contributed by atoms with Crippen LogP contribution in [0.4, 0.5) is 15.8 Å². The van der Waals surface area contributed by atoms with Gasteiger partial charge in [-0.3, -0.25) is 0 Å². The van der Waals surface area contributed by atoms with Crippen LogP contribution in [0.5, 0.6) is 5.75 Å². The molecule has 1 saturated heterocycles. The number of rotatable bonds is 8. The van der Waals surface area contributed by atoms with Crippen LogP contribution < -0.4 is 19.9 Å². The average Bonchev–Trinajstić information content (AvgIpc) is 3.14. The Bertz CT molecular complexity index is 862. The molecule has 6 heteroatoms. The second-order valence-corrected chi connectivity index (χ2v) is 7.53. The summed E-state index contributed by atoms with van der Waals surface area (Å²) in [6, 6.07) is 1.50. The van der Waals surface area contributed by atoms with Crippen LogP contribution in [0.1, 0.15) is 18.4 Å². The predicted octanol–water partition coefficient (Wildman–Crippen LogP) is 4.24. The summed E-state index contributed by atoms with van der Waals surface area (Å²) in [4.78, 5) is 4.03. The van der Waals surface area contributed by atoms with Crippen molar-refractivity contribution < 1.29 is 14.2 Å². The molecule has 0 amide bonds. The van der Waals surface area contributed by atoms with Crippen molar-refractivity contribution in [1.82, 2.24) is 5.32 Å². The number of methoxy groups -OCH3 is 1. The van der Waals surface area contributed by atoms with Crippen LogP contribution in [0.15, 0.2) is 49.4 Å². The van der Waals surface area contributed by atoms with Crippen molar-refractivity contribution in [2.45, 2.75) is 12.8 Å². The molecule has 1 atom stereocenters. The maximum Gasteiger partial charge on any atom is 0.169 e. The standard InChI is InChI=1S/C23H30FN3O2/c1-6-7-9-26-14-19(16(3)28)15(2)18-11-20(24)22(23(29-5)21(18)26)27-10-8-17(13-27)12-25-4/h6,11,14,17,25,28H,1-3,7-10,12-13H2,4-5H3. The van der Waals surface area contributed by atoms with Gasteiger partial charge in [0, 0.05) is 37.0 Å². The van der Waals surface area contributed by atoms with Gasteiger partial charge < -0.3 is 25.0 Å². The van der Waals surface area contributed by atoms with Crippen LogP contribution in [-0.2, 0) is 0 Å². The summed E-state index contributed by atoms with van der Waals surface area (Å²) in [5.74, 6) is 0.521. The van der Waals surface area contributed by atoms with Crippen LogP contribution in [0.2, 0.25) is 0 Å². The van der Waals surface area contributed by atoms with E-state index >= 15 is 4.39 Å². The van der Waals surface area contributed by atoms with Gasteiger partial charge in [-0.15, -0.1) is 6.58 Å². The molecule has 2 heterocycles. The minimum absolute atomic E-state index is 0.0952. The van der Waals surface area contributed by atoms with Gasteiger partial charge in [0.1, 0.15) is 11.4 Å². The second kappa shape index (κ2) is 8.74. The highest BCUT2D eigenvalue weighted by atomic mass is 19.1. The summed E-state index contributed by atoms with van der Waals surface area (Å²) >= 11 is 0. The normalized spacial score (nSPS) is 18.5. The average molecular weight is 400 g/mol. The van der Waals surface area contributed by atoms with Gasteiger partial charge in [0.15, 0.2) is 11.6 Å². The first-order chi connectivity index (χ1) is 13.9. The first-order valence-corrected chi connectivity index (χ1v) is 9.90. The van der Waals surface area contributed by atoms with E-state index in [2.05, 4.69) is 30.0 Å². The van der Waals surface area contributed by atoms with E-state index in [0.717, 1.165) is 38.2 Å². The fraction of sp³-hybridized carbons (Fsp3) is 0.391. The quantitative estimate of drug-likeness (QED) is 0.506. The van der Waals surface area contributed by atoms with E-state index in [1.54, 1.807) is 13.3 Å². The largest absolute Gasteiger partial charge is 0.508 e. The minimum atomic E-state index is -0.347. The van der Waals surface area contributed by atoms with Crippen molar-refractivity contribution in [3.8, 4) is 5.75 Å². The zero-order valence-electron chi connectivity index (χ0n) is 17.3. The first-order valence-electron chi connectivity index (χ1n) is 9.90. The van der Waals surface area contributed by atoms with Gasteiger partial charge in [-0.05, 0) is 44.0 Å². The summed E-state index contributed by atoms with van der Waals surface area (Å²) in [7, 11) is 3.50. The summed E-state index contributed by atoms with van der Waals surface area (Å²) in [6.45, 7) is 14.6. The van der Waals surface area contributed by atoms with Crippen LogP contribution in [0.25, 0.3) is 5.57 Å². The Balaban J connectivity index is 2.12. The number of halogens is 1. The SMILES string of the molecule is C=CCCN1C=C(C(=C)O)C(=C)c2cc(F)c(N3CCC(CNC)C3)c(OC)c21. The zero-order valence-corrected chi connectivity index (χ0v) is 17.3. The molecule has 0 aromatic heterocycles. The predicted molar refractivity (Wildman–Crippen MR) is 118 cm³/mol. The summed E-state index contributed by atoms with van der Waals surface area (Å²) in [5.41, 5.74) is 2.87. The Morgan fingerprint density at radius 2 is 2.21 bits per heavy atom. The van der Waals surface area contributed by atoms with Gasteiger partial charge in [0.05, 0.1) is 12.8 Å². The highest BCUT2D eigenvalue weighted by molar-refractivity contribution is 5.96. The van der Waals surface area contributed by atoms with Crippen molar-refractivity contribution >= 4 is 16.9 Å². The van der Waals surface area contributed by atoms with Crippen LogP contribution in [0, 0.1) is 11.7 Å². The molecule has 2 N–H and O–H groups in total. The molecule has 5 nitrogen and oxygen atoms in total. The minimum Gasteiger partial charge on any atom is -0.508 e. The van der Waals surface area contributed by atoms with E-state index in [9.17, 15) is 5.11 Å². The van der Waals surface area contributed by atoms with Crippen molar-refractivity contribution in [3.05, 3.63) is 60.8 Å². The Morgan fingerprint density at radius 1 is 1.45 bits per heavy atom. The van der Waals surface area contributed by atoms with E-state index in [4.69, 9.17) is 4.74 Å². The molecule has 0 bridgehead atoms. The van der Waals surface area contributed by atoms with Crippen LogP contribution >= 0.6 is 0 Å². The molecule has 1 aromatic rings. The number of hydrogen-bond donors (Lipinski definition) is 2. The number of aliphatic hydroxyl groups is 1. The van der Waals surface area contributed by atoms with Gasteiger partial charge >= 0.3 is 0 Å². The topological polar surface area (TPSA) is 48.0 Å². The summed E-state index contributed by atoms with van der Waals surface area (Å²) < 4.78 is 21.1. The third kappa shape index (κ3) is 3.90. The highest BCUT2D eigenvalue weighted by Gasteiger charge is 2.33. The maximum absolute atomic E-state index is 15.4. The van der Waals surface area contributed by atoms with Gasteiger partial charge in [0.2, 0.25) is 0 Å².